The largest absolute Gasteiger partial charge is 0.455 e. The molecule has 0 saturated heterocycles. The number of amides is 3. The SMILES string of the molecule is CC(=O)NC(CC(=O)OCC(=O)NC(=O)c1cccn1C)c1ccc(C)cc1. The molecule has 1 heterocycles. The zero-order valence-corrected chi connectivity index (χ0v) is 16.0. The van der Waals surface area contributed by atoms with Crippen LogP contribution in [0.1, 0.15) is 41.0 Å². The molecule has 0 aliphatic rings. The summed E-state index contributed by atoms with van der Waals surface area (Å²) in [6.45, 7) is 2.70. The van der Waals surface area contributed by atoms with Crippen molar-refractivity contribution in [3.63, 3.8) is 0 Å². The fourth-order valence-corrected chi connectivity index (χ4v) is 2.59. The molecule has 2 N–H and O–H groups in total. The van der Waals surface area contributed by atoms with E-state index >= 15 is 0 Å². The monoisotopic (exact) mass is 385 g/mol. The van der Waals surface area contributed by atoms with Gasteiger partial charge in [0.15, 0.2) is 6.61 Å². The number of rotatable bonds is 7. The molecule has 0 aliphatic carbocycles. The van der Waals surface area contributed by atoms with Crippen LogP contribution in [0.4, 0.5) is 0 Å². The molecule has 8 nitrogen and oxygen atoms in total. The topological polar surface area (TPSA) is 106 Å². The van der Waals surface area contributed by atoms with Crippen LogP contribution in [0.2, 0.25) is 0 Å². The van der Waals surface area contributed by atoms with Crippen LogP contribution >= 0.6 is 0 Å². The summed E-state index contributed by atoms with van der Waals surface area (Å²) in [5, 5.41) is 4.85. The number of nitrogens with one attached hydrogen (secondary N) is 2. The van der Waals surface area contributed by atoms with Gasteiger partial charge in [-0.25, -0.2) is 0 Å². The predicted molar refractivity (Wildman–Crippen MR) is 101 cm³/mol. The molecule has 1 aromatic heterocycles. The maximum absolute atomic E-state index is 12.1. The molecule has 0 saturated carbocycles. The molecule has 148 valence electrons. The van der Waals surface area contributed by atoms with Crippen LogP contribution in [0.3, 0.4) is 0 Å². The van der Waals surface area contributed by atoms with Gasteiger partial charge in [-0.05, 0) is 24.6 Å². The molecule has 28 heavy (non-hydrogen) atoms. The van der Waals surface area contributed by atoms with Gasteiger partial charge in [0.05, 0.1) is 12.5 Å². The highest BCUT2D eigenvalue weighted by Gasteiger charge is 2.20. The van der Waals surface area contributed by atoms with Crippen molar-refractivity contribution in [3.05, 3.63) is 59.4 Å². The number of carbonyl (C=O) groups excluding carboxylic acids is 4. The van der Waals surface area contributed by atoms with E-state index in [1.807, 2.05) is 31.2 Å². The van der Waals surface area contributed by atoms with Gasteiger partial charge in [-0.3, -0.25) is 24.5 Å². The van der Waals surface area contributed by atoms with Crippen LogP contribution < -0.4 is 10.6 Å². The van der Waals surface area contributed by atoms with Crippen LogP contribution in [0.15, 0.2) is 42.6 Å². The highest BCUT2D eigenvalue weighted by molar-refractivity contribution is 6.04. The third-order valence-electron chi connectivity index (χ3n) is 4.02. The number of carbonyl (C=O) groups is 4. The lowest BCUT2D eigenvalue weighted by Crippen LogP contribution is -2.35. The van der Waals surface area contributed by atoms with Crippen LogP contribution in [-0.4, -0.2) is 34.9 Å². The lowest BCUT2D eigenvalue weighted by Gasteiger charge is -2.18. The minimum absolute atomic E-state index is 0.137. The molecule has 0 bridgehead atoms. The molecule has 3 amide bonds. The van der Waals surface area contributed by atoms with Crippen molar-refractivity contribution in [1.82, 2.24) is 15.2 Å². The molecular formula is C20H23N3O5. The molecule has 0 spiro atoms. The van der Waals surface area contributed by atoms with Crippen molar-refractivity contribution in [3.8, 4) is 0 Å². The quantitative estimate of drug-likeness (QED) is 0.701. The number of nitrogens with zero attached hydrogens (tertiary/aromatic N) is 1. The summed E-state index contributed by atoms with van der Waals surface area (Å²) >= 11 is 0. The van der Waals surface area contributed by atoms with Crippen molar-refractivity contribution >= 4 is 23.7 Å². The van der Waals surface area contributed by atoms with Crippen molar-refractivity contribution in [2.75, 3.05) is 6.61 Å². The van der Waals surface area contributed by atoms with Gasteiger partial charge in [-0.2, -0.15) is 0 Å². The number of hydrogen-bond donors (Lipinski definition) is 2. The Labute approximate surface area is 162 Å². The van der Waals surface area contributed by atoms with E-state index in [1.54, 1.807) is 29.9 Å². The van der Waals surface area contributed by atoms with E-state index in [0.717, 1.165) is 11.1 Å². The van der Waals surface area contributed by atoms with Gasteiger partial charge in [0.25, 0.3) is 11.8 Å². The van der Waals surface area contributed by atoms with Crippen LogP contribution in [0, 0.1) is 6.92 Å². The fraction of sp³-hybridized carbons (Fsp3) is 0.300. The second kappa shape index (κ2) is 9.50. The smallest absolute Gasteiger partial charge is 0.308 e. The van der Waals surface area contributed by atoms with E-state index in [1.165, 1.54) is 6.92 Å². The summed E-state index contributed by atoms with van der Waals surface area (Å²) < 4.78 is 6.51. The Morgan fingerprint density at radius 1 is 1.11 bits per heavy atom. The first-order valence-corrected chi connectivity index (χ1v) is 8.71. The van der Waals surface area contributed by atoms with Gasteiger partial charge in [-0.1, -0.05) is 29.8 Å². The average molecular weight is 385 g/mol. The molecule has 1 atom stereocenters. The average Bonchev–Trinajstić information content (AvgIpc) is 3.06. The van der Waals surface area contributed by atoms with E-state index in [2.05, 4.69) is 10.6 Å². The summed E-state index contributed by atoms with van der Waals surface area (Å²) in [7, 11) is 1.67. The standard InChI is InChI=1S/C20H23N3O5/c1-13-6-8-15(9-7-13)16(21-14(2)24)11-19(26)28-12-18(25)22-20(27)17-5-4-10-23(17)3/h4-10,16H,11-12H2,1-3H3,(H,21,24)(H,22,25,27). The third kappa shape index (κ3) is 6.08. The number of esters is 1. The third-order valence-corrected chi connectivity index (χ3v) is 4.02. The number of ether oxygens (including phenoxy) is 1. The van der Waals surface area contributed by atoms with Crippen molar-refractivity contribution in [1.29, 1.82) is 0 Å². The number of hydrogen-bond acceptors (Lipinski definition) is 5. The highest BCUT2D eigenvalue weighted by Crippen LogP contribution is 2.18. The predicted octanol–water partition coefficient (Wildman–Crippen LogP) is 1.40. The lowest BCUT2D eigenvalue weighted by atomic mass is 10.0. The van der Waals surface area contributed by atoms with Gasteiger partial charge >= 0.3 is 5.97 Å². The Hall–Kier alpha value is -3.42. The first-order chi connectivity index (χ1) is 13.3. The normalized spacial score (nSPS) is 11.4. The number of imide groups is 1. The fourth-order valence-electron chi connectivity index (χ4n) is 2.59. The van der Waals surface area contributed by atoms with E-state index in [0.29, 0.717) is 5.69 Å². The molecule has 2 aromatic rings. The maximum Gasteiger partial charge on any atom is 0.308 e. The molecular weight excluding hydrogens is 362 g/mol. The summed E-state index contributed by atoms with van der Waals surface area (Å²) in [6.07, 6.45) is 1.54. The molecule has 1 unspecified atom stereocenters. The second-order valence-electron chi connectivity index (χ2n) is 6.41. The molecule has 8 heteroatoms. The van der Waals surface area contributed by atoms with Gasteiger partial charge in [-0.15, -0.1) is 0 Å². The zero-order chi connectivity index (χ0) is 20.7. The van der Waals surface area contributed by atoms with Crippen LogP contribution in [0.5, 0.6) is 0 Å². The van der Waals surface area contributed by atoms with E-state index in [9.17, 15) is 19.2 Å². The van der Waals surface area contributed by atoms with Gasteiger partial charge < -0.3 is 14.6 Å². The Balaban J connectivity index is 1.88. The summed E-state index contributed by atoms with van der Waals surface area (Å²) in [4.78, 5) is 47.3. The molecule has 2 rings (SSSR count). The number of aryl methyl sites for hydroxylation is 2. The summed E-state index contributed by atoms with van der Waals surface area (Å²) in [6, 6.07) is 10.0. The first-order valence-electron chi connectivity index (χ1n) is 8.71. The molecule has 0 aliphatic heterocycles. The first kappa shape index (κ1) is 20.9. The highest BCUT2D eigenvalue weighted by atomic mass is 16.5. The zero-order valence-electron chi connectivity index (χ0n) is 16.0. The Kier molecular flexibility index (Phi) is 7.08. The van der Waals surface area contributed by atoms with Gasteiger partial charge in [0.2, 0.25) is 5.91 Å². The van der Waals surface area contributed by atoms with Crippen molar-refractivity contribution in [2.45, 2.75) is 26.3 Å². The summed E-state index contributed by atoms with van der Waals surface area (Å²) in [5.41, 5.74) is 2.11. The molecule has 0 radical (unpaired) electrons. The number of aromatic nitrogens is 1. The minimum atomic E-state index is -0.731. The second-order valence-corrected chi connectivity index (χ2v) is 6.41. The molecule has 0 fully saturated rings. The van der Waals surface area contributed by atoms with Gasteiger partial charge in [0, 0.05) is 20.2 Å². The van der Waals surface area contributed by atoms with Crippen LogP contribution in [0.25, 0.3) is 0 Å². The van der Waals surface area contributed by atoms with Gasteiger partial charge in [0.1, 0.15) is 5.69 Å². The Morgan fingerprint density at radius 3 is 2.36 bits per heavy atom. The molecule has 1 aromatic carbocycles. The number of benzene rings is 1. The summed E-state index contributed by atoms with van der Waals surface area (Å²) in [5.74, 6) is -2.26. The van der Waals surface area contributed by atoms with E-state index in [-0.39, 0.29) is 12.3 Å². The lowest BCUT2D eigenvalue weighted by molar-refractivity contribution is -0.149. The van der Waals surface area contributed by atoms with E-state index < -0.39 is 30.4 Å². The van der Waals surface area contributed by atoms with E-state index in [4.69, 9.17) is 4.74 Å². The van der Waals surface area contributed by atoms with Crippen molar-refractivity contribution in [2.24, 2.45) is 7.05 Å². The van der Waals surface area contributed by atoms with Crippen molar-refractivity contribution < 1.29 is 23.9 Å². The van der Waals surface area contributed by atoms with Crippen LogP contribution in [-0.2, 0) is 26.2 Å². The minimum Gasteiger partial charge on any atom is -0.455 e. The maximum atomic E-state index is 12.1. The Morgan fingerprint density at radius 2 is 1.79 bits per heavy atom. The Bertz CT molecular complexity index is 870.